The molecule has 8 nitrogen and oxygen atoms in total. The van der Waals surface area contributed by atoms with Crippen LogP contribution in [0.4, 0.5) is 6.01 Å². The lowest BCUT2D eigenvalue weighted by molar-refractivity contribution is -0.905. The van der Waals surface area contributed by atoms with Crippen molar-refractivity contribution in [2.75, 3.05) is 31.5 Å². The summed E-state index contributed by atoms with van der Waals surface area (Å²) in [6.45, 7) is 2.42. The van der Waals surface area contributed by atoms with E-state index in [-0.39, 0.29) is 4.65 Å². The molecule has 3 fully saturated rings. The van der Waals surface area contributed by atoms with Gasteiger partial charge in [-0.05, 0) is 12.1 Å². The molecular weight excluding hydrogens is 298 g/mol. The number of amidine groups is 1. The van der Waals surface area contributed by atoms with Crippen molar-refractivity contribution in [1.29, 1.82) is 0 Å². The van der Waals surface area contributed by atoms with Gasteiger partial charge in [0, 0.05) is 25.0 Å². The fourth-order valence-electron chi connectivity index (χ4n) is 4.08. The van der Waals surface area contributed by atoms with Gasteiger partial charge in [-0.3, -0.25) is 5.32 Å². The predicted molar refractivity (Wildman–Crippen MR) is 82.5 cm³/mol. The Balaban J connectivity index is 1.36. The van der Waals surface area contributed by atoms with Crippen LogP contribution >= 0.6 is 0 Å². The standard InChI is InChI=1S/C15H17N5O3/c21-20-6-3-10(4-7-20)15(9-20)8-17-13(23-15)19-14-18-11-2-1-5-16-12(11)22-14/h1-2,5,10H,3-4,6-9H2,(H,17,18,19)/t10?,15-,20?/m0/s1. The lowest BCUT2D eigenvalue weighted by Crippen LogP contribution is -2.67. The zero-order valence-electron chi connectivity index (χ0n) is 12.6. The highest BCUT2D eigenvalue weighted by Crippen LogP contribution is 2.44. The average molecular weight is 315 g/mol. The molecule has 8 heteroatoms. The van der Waals surface area contributed by atoms with Crippen molar-refractivity contribution in [3.05, 3.63) is 23.5 Å². The Hall–Kier alpha value is -2.19. The number of pyridine rings is 1. The number of anilines is 1. The molecule has 4 aliphatic rings. The van der Waals surface area contributed by atoms with Crippen molar-refractivity contribution >= 4 is 23.3 Å². The Morgan fingerprint density at radius 3 is 3.00 bits per heavy atom. The van der Waals surface area contributed by atoms with Gasteiger partial charge in [-0.25, -0.2) is 9.98 Å². The number of aromatic nitrogens is 2. The Labute approximate surface area is 132 Å². The normalized spacial score (nSPS) is 35.5. The van der Waals surface area contributed by atoms with Gasteiger partial charge < -0.3 is 19.0 Å². The first-order valence-electron chi connectivity index (χ1n) is 7.93. The molecule has 2 aromatic rings. The Kier molecular flexibility index (Phi) is 2.55. The van der Waals surface area contributed by atoms with E-state index in [0.717, 1.165) is 12.8 Å². The topological polar surface area (TPSA) is 95.6 Å². The lowest BCUT2D eigenvalue weighted by Gasteiger charge is -2.58. The van der Waals surface area contributed by atoms with Crippen molar-refractivity contribution in [1.82, 2.24) is 9.97 Å². The first-order valence-corrected chi connectivity index (χ1v) is 7.93. The minimum atomic E-state index is -0.454. The van der Waals surface area contributed by atoms with Gasteiger partial charge in [0.15, 0.2) is 5.60 Å². The SMILES string of the molecule is [O-][N+]12CCC(CC1)[C@]1(CN=C(Nc3nc4cccnc4o3)O1)C2. The number of oxazole rings is 1. The molecule has 6 rings (SSSR count). The highest BCUT2D eigenvalue weighted by molar-refractivity contribution is 5.89. The monoisotopic (exact) mass is 315 g/mol. The molecule has 1 atom stereocenters. The first-order chi connectivity index (χ1) is 11.1. The summed E-state index contributed by atoms with van der Waals surface area (Å²) >= 11 is 0. The molecule has 2 bridgehead atoms. The van der Waals surface area contributed by atoms with Crippen LogP contribution in [0.3, 0.4) is 0 Å². The number of nitrogens with zero attached hydrogens (tertiary/aromatic N) is 4. The number of aliphatic imine (C=N–C) groups is 1. The summed E-state index contributed by atoms with van der Waals surface area (Å²) < 4.78 is 11.5. The van der Waals surface area contributed by atoms with Gasteiger partial charge in [-0.15, -0.1) is 0 Å². The number of fused-ring (bicyclic) bond motifs is 3. The minimum Gasteiger partial charge on any atom is -0.633 e. The fourth-order valence-corrected chi connectivity index (χ4v) is 4.08. The summed E-state index contributed by atoms with van der Waals surface area (Å²) in [4.78, 5) is 12.9. The van der Waals surface area contributed by atoms with E-state index in [2.05, 4.69) is 20.3 Å². The molecule has 2 aromatic heterocycles. The molecule has 120 valence electrons. The van der Waals surface area contributed by atoms with Crippen molar-refractivity contribution < 1.29 is 13.8 Å². The van der Waals surface area contributed by atoms with Gasteiger partial charge in [-0.1, -0.05) is 0 Å². The molecule has 6 heterocycles. The van der Waals surface area contributed by atoms with E-state index in [1.807, 2.05) is 6.07 Å². The van der Waals surface area contributed by atoms with Gasteiger partial charge >= 0.3 is 6.01 Å². The Bertz CT molecular complexity index is 762. The lowest BCUT2D eigenvalue weighted by atomic mass is 9.75. The summed E-state index contributed by atoms with van der Waals surface area (Å²) in [5.74, 6) is 0.407. The molecule has 0 aromatic carbocycles. The smallest absolute Gasteiger partial charge is 0.305 e. The quantitative estimate of drug-likeness (QED) is 0.633. The van der Waals surface area contributed by atoms with Crippen molar-refractivity contribution in [3.63, 3.8) is 0 Å². The fraction of sp³-hybridized carbons (Fsp3) is 0.533. The maximum atomic E-state index is 12.6. The third-order valence-corrected chi connectivity index (χ3v) is 5.24. The molecule has 3 saturated heterocycles. The maximum Gasteiger partial charge on any atom is 0.305 e. The van der Waals surface area contributed by atoms with Crippen molar-refractivity contribution in [2.45, 2.75) is 18.4 Å². The second-order valence-electron chi connectivity index (χ2n) is 6.70. The number of piperidine rings is 3. The molecule has 0 amide bonds. The summed E-state index contributed by atoms with van der Waals surface area (Å²) in [5, 5.41) is 15.6. The molecular formula is C15H17N5O3. The third kappa shape index (κ3) is 2.02. The van der Waals surface area contributed by atoms with Crippen LogP contribution in [0, 0.1) is 11.1 Å². The third-order valence-electron chi connectivity index (χ3n) is 5.24. The molecule has 0 saturated carbocycles. The van der Waals surface area contributed by atoms with Crippen LogP contribution in [0.1, 0.15) is 12.8 Å². The van der Waals surface area contributed by atoms with Gasteiger partial charge in [0.1, 0.15) is 12.1 Å². The minimum absolute atomic E-state index is 0.147. The zero-order chi connectivity index (χ0) is 15.5. The number of hydroxylamine groups is 3. The molecule has 0 unspecified atom stereocenters. The highest BCUT2D eigenvalue weighted by atomic mass is 16.6. The zero-order valence-corrected chi connectivity index (χ0v) is 12.6. The second kappa shape index (κ2) is 4.42. The van der Waals surface area contributed by atoms with Crippen LogP contribution in [0.2, 0.25) is 0 Å². The van der Waals surface area contributed by atoms with Crippen LogP contribution in [0.25, 0.3) is 11.2 Å². The summed E-state index contributed by atoms with van der Waals surface area (Å²) in [5.41, 5.74) is 0.690. The second-order valence-corrected chi connectivity index (χ2v) is 6.70. The van der Waals surface area contributed by atoms with E-state index in [1.165, 1.54) is 0 Å². The van der Waals surface area contributed by atoms with Gasteiger partial charge in [-0.2, -0.15) is 4.98 Å². The largest absolute Gasteiger partial charge is 0.633 e. The maximum absolute atomic E-state index is 12.6. The van der Waals surface area contributed by atoms with Gasteiger partial charge in [0.05, 0.1) is 19.6 Å². The number of quaternary nitrogens is 1. The molecule has 4 aliphatic heterocycles. The molecule has 23 heavy (non-hydrogen) atoms. The highest BCUT2D eigenvalue weighted by Gasteiger charge is 2.56. The van der Waals surface area contributed by atoms with Crippen molar-refractivity contribution in [2.24, 2.45) is 10.9 Å². The summed E-state index contributed by atoms with van der Waals surface area (Å²) in [6, 6.07) is 4.32. The predicted octanol–water partition coefficient (Wildman–Crippen LogP) is 1.50. The van der Waals surface area contributed by atoms with Gasteiger partial charge in [0.25, 0.3) is 6.02 Å². The molecule has 0 radical (unpaired) electrons. The first kappa shape index (κ1) is 13.3. The summed E-state index contributed by atoms with van der Waals surface area (Å²) in [7, 11) is 0. The number of hydrogen-bond acceptors (Lipinski definition) is 7. The van der Waals surface area contributed by atoms with E-state index >= 15 is 0 Å². The number of ether oxygens (including phenoxy) is 1. The van der Waals surface area contributed by atoms with E-state index < -0.39 is 5.60 Å². The Morgan fingerprint density at radius 2 is 2.22 bits per heavy atom. The van der Waals surface area contributed by atoms with E-state index in [9.17, 15) is 5.21 Å². The van der Waals surface area contributed by atoms with E-state index in [0.29, 0.717) is 55.4 Å². The Morgan fingerprint density at radius 1 is 1.35 bits per heavy atom. The molecule has 0 aliphatic carbocycles. The molecule has 1 N–H and O–H groups in total. The number of hydrogen-bond donors (Lipinski definition) is 1. The van der Waals surface area contributed by atoms with Crippen LogP contribution in [0.5, 0.6) is 0 Å². The van der Waals surface area contributed by atoms with E-state index in [4.69, 9.17) is 9.15 Å². The van der Waals surface area contributed by atoms with Crippen LogP contribution < -0.4 is 5.32 Å². The van der Waals surface area contributed by atoms with Gasteiger partial charge in [0.2, 0.25) is 5.71 Å². The van der Waals surface area contributed by atoms with Crippen LogP contribution in [-0.2, 0) is 4.74 Å². The van der Waals surface area contributed by atoms with E-state index in [1.54, 1.807) is 12.3 Å². The number of nitrogens with one attached hydrogen (secondary N) is 1. The average Bonchev–Trinajstić information content (AvgIpc) is 3.11. The summed E-state index contributed by atoms with van der Waals surface area (Å²) in [6.07, 6.45) is 3.48. The molecule has 1 spiro atoms. The van der Waals surface area contributed by atoms with Crippen LogP contribution in [0.15, 0.2) is 27.7 Å². The van der Waals surface area contributed by atoms with Crippen LogP contribution in [-0.4, -0.2) is 52.4 Å². The number of rotatable bonds is 1. The van der Waals surface area contributed by atoms with Crippen molar-refractivity contribution in [3.8, 4) is 0 Å².